The zero-order valence-electron chi connectivity index (χ0n) is 17.1. The standard InChI is InChI=1S/C22H22N2O6S/c1-24-20(21(26)17-8-3-4-9-19(17)31(24,28)29)18(25)11-10-15-6-5-7-16(14-15)22(27)23-12-13-30-2/h3-11,14,20H,12-13H2,1-2H3,(H,23,27). The van der Waals surface area contributed by atoms with E-state index in [0.717, 1.165) is 10.4 Å². The van der Waals surface area contributed by atoms with Gasteiger partial charge in [0, 0.05) is 31.8 Å². The van der Waals surface area contributed by atoms with Gasteiger partial charge in [-0.1, -0.05) is 30.3 Å². The van der Waals surface area contributed by atoms with Crippen LogP contribution >= 0.6 is 0 Å². The van der Waals surface area contributed by atoms with Crippen LogP contribution in [-0.4, -0.2) is 63.5 Å². The van der Waals surface area contributed by atoms with Gasteiger partial charge >= 0.3 is 0 Å². The molecule has 1 N–H and O–H groups in total. The van der Waals surface area contributed by atoms with E-state index in [-0.39, 0.29) is 16.4 Å². The van der Waals surface area contributed by atoms with Crippen LogP contribution in [0.5, 0.6) is 0 Å². The van der Waals surface area contributed by atoms with Crippen LogP contribution in [0.1, 0.15) is 26.3 Å². The largest absolute Gasteiger partial charge is 0.383 e. The van der Waals surface area contributed by atoms with Gasteiger partial charge in [0.05, 0.1) is 11.5 Å². The summed E-state index contributed by atoms with van der Waals surface area (Å²) < 4.78 is 31.1. The fourth-order valence-electron chi connectivity index (χ4n) is 3.23. The number of ketones is 2. The first-order valence-electron chi connectivity index (χ1n) is 9.48. The molecule has 1 aliphatic rings. The van der Waals surface area contributed by atoms with Crippen molar-refractivity contribution < 1.29 is 27.5 Å². The molecule has 9 heteroatoms. The molecule has 1 unspecified atom stereocenters. The summed E-state index contributed by atoms with van der Waals surface area (Å²) >= 11 is 0. The van der Waals surface area contributed by atoms with Crippen LogP contribution in [0.2, 0.25) is 0 Å². The minimum Gasteiger partial charge on any atom is -0.383 e. The van der Waals surface area contributed by atoms with Gasteiger partial charge < -0.3 is 10.1 Å². The Kier molecular flexibility index (Phi) is 6.79. The number of nitrogens with zero attached hydrogens (tertiary/aromatic N) is 1. The number of hydrogen-bond donors (Lipinski definition) is 1. The highest BCUT2D eigenvalue weighted by Gasteiger charge is 2.44. The van der Waals surface area contributed by atoms with E-state index in [1.807, 2.05) is 0 Å². The number of sulfonamides is 1. The highest BCUT2D eigenvalue weighted by atomic mass is 32.2. The summed E-state index contributed by atoms with van der Waals surface area (Å²) in [5.41, 5.74) is 0.956. The number of nitrogens with one attached hydrogen (secondary N) is 1. The lowest BCUT2D eigenvalue weighted by atomic mass is 9.99. The SMILES string of the molecule is COCCNC(=O)c1cccc(C=CC(=O)C2C(=O)c3ccccc3S(=O)(=O)N2C)c1. The molecular weight excluding hydrogens is 420 g/mol. The average Bonchev–Trinajstić information content (AvgIpc) is 2.77. The van der Waals surface area contributed by atoms with Crippen molar-refractivity contribution in [2.75, 3.05) is 27.3 Å². The summed E-state index contributed by atoms with van der Waals surface area (Å²) in [7, 11) is -1.22. The number of Topliss-reactive ketones (excluding diaryl/α,β-unsaturated/α-hetero) is 1. The number of ether oxygens (including phenoxy) is 1. The maximum Gasteiger partial charge on any atom is 0.251 e. The van der Waals surface area contributed by atoms with E-state index in [1.54, 1.807) is 30.3 Å². The van der Waals surface area contributed by atoms with Gasteiger partial charge in [0.15, 0.2) is 17.6 Å². The molecule has 0 aromatic heterocycles. The molecule has 1 atom stereocenters. The smallest absolute Gasteiger partial charge is 0.251 e. The predicted octanol–water partition coefficient (Wildman–Crippen LogP) is 1.53. The number of likely N-dealkylation sites (N-methyl/N-ethyl adjacent to an activating group) is 1. The summed E-state index contributed by atoms with van der Waals surface area (Å²) in [6, 6.07) is 10.9. The summed E-state index contributed by atoms with van der Waals surface area (Å²) in [4.78, 5) is 37.6. The molecule has 0 bridgehead atoms. The van der Waals surface area contributed by atoms with Gasteiger partial charge in [-0.05, 0) is 35.9 Å². The number of methoxy groups -OCH3 is 1. The van der Waals surface area contributed by atoms with E-state index in [1.165, 1.54) is 38.4 Å². The van der Waals surface area contributed by atoms with E-state index in [9.17, 15) is 22.8 Å². The third kappa shape index (κ3) is 4.63. The van der Waals surface area contributed by atoms with Gasteiger partial charge in [-0.25, -0.2) is 8.42 Å². The van der Waals surface area contributed by atoms with Crippen molar-refractivity contribution in [3.63, 3.8) is 0 Å². The second-order valence-electron chi connectivity index (χ2n) is 6.89. The molecule has 31 heavy (non-hydrogen) atoms. The number of rotatable bonds is 7. The molecule has 3 rings (SSSR count). The van der Waals surface area contributed by atoms with Crippen LogP contribution < -0.4 is 5.32 Å². The highest BCUT2D eigenvalue weighted by Crippen LogP contribution is 2.29. The molecule has 0 saturated carbocycles. The van der Waals surface area contributed by atoms with Gasteiger partial charge in [-0.3, -0.25) is 14.4 Å². The maximum atomic E-state index is 12.8. The van der Waals surface area contributed by atoms with Crippen molar-refractivity contribution >= 4 is 33.6 Å². The zero-order chi connectivity index (χ0) is 22.6. The van der Waals surface area contributed by atoms with Gasteiger partial charge in [0.1, 0.15) is 0 Å². The second kappa shape index (κ2) is 9.34. The first kappa shape index (κ1) is 22.5. The van der Waals surface area contributed by atoms with Crippen LogP contribution in [0, 0.1) is 0 Å². The van der Waals surface area contributed by atoms with Gasteiger partial charge in [0.2, 0.25) is 10.0 Å². The van der Waals surface area contributed by atoms with E-state index in [0.29, 0.717) is 24.3 Å². The molecule has 0 fully saturated rings. The van der Waals surface area contributed by atoms with Gasteiger partial charge in [-0.2, -0.15) is 4.31 Å². The van der Waals surface area contributed by atoms with E-state index >= 15 is 0 Å². The summed E-state index contributed by atoms with van der Waals surface area (Å²) in [5, 5.41) is 2.70. The minimum absolute atomic E-state index is 0.00192. The normalized spacial score (nSPS) is 18.0. The second-order valence-corrected chi connectivity index (χ2v) is 8.86. The Labute approximate surface area is 180 Å². The topological polar surface area (TPSA) is 110 Å². The van der Waals surface area contributed by atoms with Crippen LogP contribution in [0.4, 0.5) is 0 Å². The van der Waals surface area contributed by atoms with Crippen LogP contribution in [0.25, 0.3) is 6.08 Å². The van der Waals surface area contributed by atoms with Crippen molar-refractivity contribution in [3.8, 4) is 0 Å². The molecule has 0 spiro atoms. The average molecular weight is 442 g/mol. The Morgan fingerprint density at radius 2 is 1.90 bits per heavy atom. The summed E-state index contributed by atoms with van der Waals surface area (Å²) in [6.45, 7) is 0.745. The molecule has 0 aliphatic carbocycles. The van der Waals surface area contributed by atoms with Gasteiger partial charge in [0.25, 0.3) is 5.91 Å². The monoisotopic (exact) mass is 442 g/mol. The maximum absolute atomic E-state index is 12.8. The van der Waals surface area contributed by atoms with Crippen molar-refractivity contribution in [2.24, 2.45) is 0 Å². The van der Waals surface area contributed by atoms with E-state index in [4.69, 9.17) is 4.74 Å². The number of carbonyl (C=O) groups excluding carboxylic acids is 3. The number of benzene rings is 2. The molecule has 1 aliphatic heterocycles. The molecule has 2 aromatic carbocycles. The summed E-state index contributed by atoms with van der Waals surface area (Å²) in [6.07, 6.45) is 2.60. The quantitative estimate of drug-likeness (QED) is 0.396. The molecular formula is C22H22N2O6S. The number of fused-ring (bicyclic) bond motifs is 1. The molecule has 162 valence electrons. The van der Waals surface area contributed by atoms with Crippen molar-refractivity contribution in [2.45, 2.75) is 10.9 Å². The van der Waals surface area contributed by atoms with Crippen molar-refractivity contribution in [3.05, 3.63) is 71.3 Å². The number of amides is 1. The molecule has 0 radical (unpaired) electrons. The third-order valence-corrected chi connectivity index (χ3v) is 6.75. The minimum atomic E-state index is -3.97. The van der Waals surface area contributed by atoms with E-state index < -0.39 is 27.6 Å². The lowest BCUT2D eigenvalue weighted by Crippen LogP contribution is -2.50. The van der Waals surface area contributed by atoms with Crippen LogP contribution in [-0.2, 0) is 19.6 Å². The van der Waals surface area contributed by atoms with Crippen molar-refractivity contribution in [1.29, 1.82) is 0 Å². The Balaban J connectivity index is 1.81. The summed E-state index contributed by atoms with van der Waals surface area (Å²) in [5.74, 6) is -1.53. The Bertz CT molecular complexity index is 1160. The number of hydrogen-bond acceptors (Lipinski definition) is 6. The molecule has 8 nitrogen and oxygen atoms in total. The Morgan fingerprint density at radius 1 is 1.16 bits per heavy atom. The lowest BCUT2D eigenvalue weighted by molar-refractivity contribution is -0.116. The zero-order valence-corrected chi connectivity index (χ0v) is 17.9. The van der Waals surface area contributed by atoms with E-state index in [2.05, 4.69) is 5.32 Å². The first-order chi connectivity index (χ1) is 14.8. The Hall–Kier alpha value is -3.14. The van der Waals surface area contributed by atoms with Crippen LogP contribution in [0.15, 0.2) is 59.5 Å². The first-order valence-corrected chi connectivity index (χ1v) is 10.9. The Morgan fingerprint density at radius 3 is 2.65 bits per heavy atom. The molecule has 1 heterocycles. The third-order valence-electron chi connectivity index (χ3n) is 4.87. The van der Waals surface area contributed by atoms with Gasteiger partial charge in [-0.15, -0.1) is 0 Å². The fraction of sp³-hybridized carbons (Fsp3) is 0.227. The number of carbonyl (C=O) groups is 3. The fourth-order valence-corrected chi connectivity index (χ4v) is 4.72. The van der Waals surface area contributed by atoms with Crippen molar-refractivity contribution in [1.82, 2.24) is 9.62 Å². The highest BCUT2D eigenvalue weighted by molar-refractivity contribution is 7.89. The molecule has 1 amide bonds. The molecule has 0 saturated heterocycles. The predicted molar refractivity (Wildman–Crippen MR) is 114 cm³/mol. The molecule has 2 aromatic rings. The lowest BCUT2D eigenvalue weighted by Gasteiger charge is -2.30. The van der Waals surface area contributed by atoms with Crippen LogP contribution in [0.3, 0.4) is 0 Å².